The van der Waals surface area contributed by atoms with Crippen LogP contribution in [0.5, 0.6) is 0 Å². The van der Waals surface area contributed by atoms with E-state index >= 15 is 0 Å². The Hall–Kier alpha value is -2.31. The average Bonchev–Trinajstić information content (AvgIpc) is 2.59. The normalized spacial score (nSPS) is 13.8. The lowest BCUT2D eigenvalue weighted by Crippen LogP contribution is -2.39. The Labute approximate surface area is 153 Å². The first-order valence-corrected chi connectivity index (χ1v) is 7.98. The lowest BCUT2D eigenvalue weighted by molar-refractivity contribution is -0.170. The van der Waals surface area contributed by atoms with Gasteiger partial charge in [0.05, 0.1) is 12.2 Å². The van der Waals surface area contributed by atoms with Crippen molar-refractivity contribution < 1.29 is 27.8 Å². The van der Waals surface area contributed by atoms with Crippen molar-refractivity contribution in [3.8, 4) is 0 Å². The largest absolute Gasteiger partial charge is 0.479 e. The fourth-order valence-electron chi connectivity index (χ4n) is 2.51. The second kappa shape index (κ2) is 7.93. The number of hydrogen-bond donors (Lipinski definition) is 1. The Bertz CT molecular complexity index is 790. The van der Waals surface area contributed by atoms with Crippen molar-refractivity contribution in [2.24, 2.45) is 0 Å². The van der Waals surface area contributed by atoms with Crippen LogP contribution in [-0.4, -0.2) is 11.1 Å². The summed E-state index contributed by atoms with van der Waals surface area (Å²) in [6, 6.07) is 11.2. The zero-order valence-electron chi connectivity index (χ0n) is 13.6. The topological polar surface area (TPSA) is 46.5 Å². The highest BCUT2D eigenvalue weighted by atomic mass is 35.5. The molecule has 0 aliphatic rings. The average molecular weight is 385 g/mol. The molecular formula is C19H16ClF3O3. The first kappa shape index (κ1) is 20.0. The van der Waals surface area contributed by atoms with Crippen LogP contribution >= 0.6 is 11.6 Å². The van der Waals surface area contributed by atoms with E-state index in [0.29, 0.717) is 11.6 Å². The maximum absolute atomic E-state index is 13.1. The van der Waals surface area contributed by atoms with Gasteiger partial charge in [0.2, 0.25) is 0 Å². The molecule has 0 heterocycles. The van der Waals surface area contributed by atoms with Crippen molar-refractivity contribution in [1.82, 2.24) is 0 Å². The van der Waals surface area contributed by atoms with E-state index in [1.165, 1.54) is 6.08 Å². The molecule has 7 heteroatoms. The predicted octanol–water partition coefficient (Wildman–Crippen LogP) is 5.43. The van der Waals surface area contributed by atoms with Gasteiger partial charge in [-0.1, -0.05) is 48.0 Å². The monoisotopic (exact) mass is 384 g/mol. The molecule has 1 unspecified atom stereocenters. The number of hydrogen-bond acceptors (Lipinski definition) is 2. The molecule has 1 atom stereocenters. The summed E-state index contributed by atoms with van der Waals surface area (Å²) < 4.78 is 44.9. The first-order valence-electron chi connectivity index (χ1n) is 7.60. The molecule has 2 rings (SSSR count). The SMILES string of the molecule is C=CCC(OCc1ccccc1)(C(=O)O)c1cc(C(F)(F)F)ccc1Cl. The van der Waals surface area contributed by atoms with Gasteiger partial charge in [0, 0.05) is 17.0 Å². The van der Waals surface area contributed by atoms with Gasteiger partial charge < -0.3 is 9.84 Å². The third kappa shape index (κ3) is 4.26. The number of carboxylic acid groups (broad SMARTS) is 1. The summed E-state index contributed by atoms with van der Waals surface area (Å²) in [6.07, 6.45) is -3.62. The maximum atomic E-state index is 13.1. The molecular weight excluding hydrogens is 369 g/mol. The second-order valence-corrected chi connectivity index (χ2v) is 6.00. The number of ether oxygens (including phenoxy) is 1. The molecule has 0 aliphatic carbocycles. The second-order valence-electron chi connectivity index (χ2n) is 5.59. The molecule has 0 bridgehead atoms. The molecule has 26 heavy (non-hydrogen) atoms. The van der Waals surface area contributed by atoms with E-state index in [0.717, 1.165) is 12.1 Å². The van der Waals surface area contributed by atoms with Crippen molar-refractivity contribution >= 4 is 17.6 Å². The molecule has 2 aromatic rings. The van der Waals surface area contributed by atoms with Gasteiger partial charge >= 0.3 is 12.1 Å². The quantitative estimate of drug-likeness (QED) is 0.647. The van der Waals surface area contributed by atoms with E-state index in [1.807, 2.05) is 0 Å². The number of alkyl halides is 3. The maximum Gasteiger partial charge on any atom is 0.416 e. The van der Waals surface area contributed by atoms with Gasteiger partial charge in [-0.15, -0.1) is 6.58 Å². The molecule has 3 nitrogen and oxygen atoms in total. The van der Waals surface area contributed by atoms with Crippen LogP contribution < -0.4 is 0 Å². The Balaban J connectivity index is 2.53. The van der Waals surface area contributed by atoms with Gasteiger partial charge in [0.1, 0.15) is 0 Å². The van der Waals surface area contributed by atoms with Crippen LogP contribution in [0.25, 0.3) is 0 Å². The lowest BCUT2D eigenvalue weighted by atomic mass is 9.88. The van der Waals surface area contributed by atoms with Crippen LogP contribution in [0.3, 0.4) is 0 Å². The summed E-state index contributed by atoms with van der Waals surface area (Å²) in [7, 11) is 0. The molecule has 2 aromatic carbocycles. The molecule has 1 N–H and O–H groups in total. The van der Waals surface area contributed by atoms with Crippen LogP contribution in [0.1, 0.15) is 23.1 Å². The van der Waals surface area contributed by atoms with Gasteiger partial charge in [-0.25, -0.2) is 4.79 Å². The predicted molar refractivity (Wildman–Crippen MR) is 91.8 cm³/mol. The molecule has 0 aliphatic heterocycles. The van der Waals surface area contributed by atoms with Gasteiger partial charge in [-0.2, -0.15) is 13.2 Å². The van der Waals surface area contributed by atoms with Gasteiger partial charge in [0.15, 0.2) is 5.60 Å². The van der Waals surface area contributed by atoms with E-state index in [9.17, 15) is 23.1 Å². The van der Waals surface area contributed by atoms with Crippen molar-refractivity contribution in [1.29, 1.82) is 0 Å². The van der Waals surface area contributed by atoms with E-state index in [-0.39, 0.29) is 23.6 Å². The highest BCUT2D eigenvalue weighted by Crippen LogP contribution is 2.40. The van der Waals surface area contributed by atoms with Crippen molar-refractivity contribution in [2.75, 3.05) is 0 Å². The lowest BCUT2D eigenvalue weighted by Gasteiger charge is -2.30. The zero-order chi connectivity index (χ0) is 19.4. The van der Waals surface area contributed by atoms with Gasteiger partial charge in [-0.05, 0) is 23.8 Å². The van der Waals surface area contributed by atoms with E-state index in [2.05, 4.69) is 6.58 Å². The summed E-state index contributed by atoms with van der Waals surface area (Å²) in [5, 5.41) is 9.66. The minimum Gasteiger partial charge on any atom is -0.479 e. The number of carboxylic acids is 1. The van der Waals surface area contributed by atoms with Crippen molar-refractivity contribution in [3.05, 3.63) is 82.9 Å². The van der Waals surface area contributed by atoms with Crippen molar-refractivity contribution in [2.45, 2.75) is 24.8 Å². The Morgan fingerprint density at radius 2 is 1.85 bits per heavy atom. The molecule has 0 saturated carbocycles. The van der Waals surface area contributed by atoms with E-state index < -0.39 is 23.3 Å². The smallest absolute Gasteiger partial charge is 0.416 e. The summed E-state index contributed by atoms with van der Waals surface area (Å²) in [4.78, 5) is 12.0. The highest BCUT2D eigenvalue weighted by molar-refractivity contribution is 6.31. The standard InChI is InChI=1S/C19H16ClF3O3/c1-2-10-18(17(24)25,26-12-13-6-4-3-5-7-13)15-11-14(19(21,22)23)8-9-16(15)20/h2-9,11H,1,10,12H2,(H,24,25). The van der Waals surface area contributed by atoms with Crippen molar-refractivity contribution in [3.63, 3.8) is 0 Å². The Kier molecular flexibility index (Phi) is 6.10. The summed E-state index contributed by atoms with van der Waals surface area (Å²) in [5.74, 6) is -1.45. The highest BCUT2D eigenvalue weighted by Gasteiger charge is 2.44. The first-order chi connectivity index (χ1) is 12.2. The number of rotatable bonds is 7. The molecule has 0 amide bonds. The number of halogens is 4. The fraction of sp³-hybridized carbons (Fsp3) is 0.211. The third-order valence-electron chi connectivity index (χ3n) is 3.83. The molecule has 0 fully saturated rings. The fourth-order valence-corrected chi connectivity index (χ4v) is 2.78. The molecule has 0 saturated heterocycles. The van der Waals surface area contributed by atoms with E-state index in [1.54, 1.807) is 30.3 Å². The Morgan fingerprint density at radius 1 is 1.19 bits per heavy atom. The molecule has 0 radical (unpaired) electrons. The van der Waals surface area contributed by atoms with Crippen LogP contribution in [0, 0.1) is 0 Å². The molecule has 0 spiro atoms. The third-order valence-corrected chi connectivity index (χ3v) is 4.16. The van der Waals surface area contributed by atoms with Gasteiger partial charge in [-0.3, -0.25) is 0 Å². The van der Waals surface area contributed by atoms with E-state index in [4.69, 9.17) is 16.3 Å². The molecule has 138 valence electrons. The minimum absolute atomic E-state index is 0.118. The zero-order valence-corrected chi connectivity index (χ0v) is 14.3. The van der Waals surface area contributed by atoms with Crippen LogP contribution in [0.2, 0.25) is 5.02 Å². The van der Waals surface area contributed by atoms with Crippen LogP contribution in [-0.2, 0) is 27.9 Å². The summed E-state index contributed by atoms with van der Waals surface area (Å²) in [6.45, 7) is 3.38. The summed E-state index contributed by atoms with van der Waals surface area (Å²) >= 11 is 6.05. The summed E-state index contributed by atoms with van der Waals surface area (Å²) in [5.41, 5.74) is -2.69. The van der Waals surface area contributed by atoms with Gasteiger partial charge in [0.25, 0.3) is 0 Å². The van der Waals surface area contributed by atoms with Crippen LogP contribution in [0.4, 0.5) is 13.2 Å². The van der Waals surface area contributed by atoms with Crippen LogP contribution in [0.15, 0.2) is 61.2 Å². The number of carbonyl (C=O) groups is 1. The number of aliphatic carboxylic acids is 1. The number of benzene rings is 2. The molecule has 0 aromatic heterocycles. The minimum atomic E-state index is -4.64. The Morgan fingerprint density at radius 3 is 2.38 bits per heavy atom.